The average Bonchev–Trinajstić information content (AvgIpc) is 2.27. The highest BCUT2D eigenvalue weighted by Crippen LogP contribution is 2.22. The molecule has 1 amide bonds. The van der Waals surface area contributed by atoms with Gasteiger partial charge in [-0.2, -0.15) is 0 Å². The van der Waals surface area contributed by atoms with Crippen molar-refractivity contribution in [2.24, 2.45) is 5.92 Å². The third-order valence-corrected chi connectivity index (χ3v) is 3.00. The Labute approximate surface area is 109 Å². The molecule has 1 aliphatic rings. The third-order valence-electron chi connectivity index (χ3n) is 3.00. The molecule has 0 bridgehead atoms. The smallest absolute Gasteiger partial charge is 0.410 e. The van der Waals surface area contributed by atoms with Gasteiger partial charge in [-0.3, -0.25) is 0 Å². The molecule has 0 aromatic heterocycles. The lowest BCUT2D eigenvalue weighted by Gasteiger charge is -2.38. The van der Waals surface area contributed by atoms with E-state index >= 15 is 0 Å². The first kappa shape index (κ1) is 15.2. The molecule has 1 heterocycles. The summed E-state index contributed by atoms with van der Waals surface area (Å²) in [7, 11) is 3.37. The summed E-state index contributed by atoms with van der Waals surface area (Å²) in [5, 5.41) is 0. The van der Waals surface area contributed by atoms with Crippen LogP contribution in [0.1, 0.15) is 27.2 Å². The summed E-state index contributed by atoms with van der Waals surface area (Å²) in [5.41, 5.74) is -0.452. The summed E-state index contributed by atoms with van der Waals surface area (Å²) in [4.78, 5) is 13.7. The molecule has 1 saturated heterocycles. The van der Waals surface area contributed by atoms with Gasteiger partial charge in [0.05, 0.1) is 12.7 Å². The minimum atomic E-state index is -0.452. The molecule has 0 N–H and O–H groups in total. The van der Waals surface area contributed by atoms with E-state index in [0.29, 0.717) is 19.7 Å². The minimum Gasteiger partial charge on any atom is -0.444 e. The van der Waals surface area contributed by atoms with Crippen molar-refractivity contribution in [3.05, 3.63) is 0 Å². The number of piperidine rings is 1. The molecule has 2 unspecified atom stereocenters. The molecular formula is C13H25NO4. The quantitative estimate of drug-likeness (QED) is 0.776. The zero-order chi connectivity index (χ0) is 13.8. The SMILES string of the molecule is COCC1CN(C(=O)OC(C)(C)C)CCC1OC. The molecule has 0 aromatic rings. The second kappa shape index (κ2) is 6.38. The van der Waals surface area contributed by atoms with E-state index in [1.165, 1.54) is 0 Å². The number of carbonyl (C=O) groups is 1. The summed E-state index contributed by atoms with van der Waals surface area (Å²) >= 11 is 0. The van der Waals surface area contributed by atoms with Crippen molar-refractivity contribution in [1.29, 1.82) is 0 Å². The fourth-order valence-corrected chi connectivity index (χ4v) is 2.19. The predicted octanol–water partition coefficient (Wildman–Crippen LogP) is 1.90. The number of methoxy groups -OCH3 is 2. The largest absolute Gasteiger partial charge is 0.444 e. The van der Waals surface area contributed by atoms with E-state index < -0.39 is 5.60 Å². The van der Waals surface area contributed by atoms with Crippen molar-refractivity contribution in [2.75, 3.05) is 33.9 Å². The lowest BCUT2D eigenvalue weighted by atomic mass is 9.95. The Kier molecular flexibility index (Phi) is 5.41. The summed E-state index contributed by atoms with van der Waals surface area (Å²) in [6.45, 7) is 7.52. The van der Waals surface area contributed by atoms with Gasteiger partial charge in [0.25, 0.3) is 0 Å². The second-order valence-electron chi connectivity index (χ2n) is 5.70. The molecule has 0 spiro atoms. The normalized spacial score (nSPS) is 25.1. The van der Waals surface area contributed by atoms with Crippen LogP contribution in [0.5, 0.6) is 0 Å². The summed E-state index contributed by atoms with van der Waals surface area (Å²) in [6, 6.07) is 0. The lowest BCUT2D eigenvalue weighted by Crippen LogP contribution is -2.49. The molecule has 1 rings (SSSR count). The zero-order valence-corrected chi connectivity index (χ0v) is 12.1. The van der Waals surface area contributed by atoms with Crippen LogP contribution in [0.25, 0.3) is 0 Å². The van der Waals surface area contributed by atoms with Crippen LogP contribution < -0.4 is 0 Å². The fraction of sp³-hybridized carbons (Fsp3) is 0.923. The van der Waals surface area contributed by atoms with Crippen LogP contribution >= 0.6 is 0 Å². The Morgan fingerprint density at radius 2 is 2.00 bits per heavy atom. The highest BCUT2D eigenvalue weighted by molar-refractivity contribution is 5.68. The second-order valence-corrected chi connectivity index (χ2v) is 5.70. The van der Waals surface area contributed by atoms with E-state index in [9.17, 15) is 4.79 Å². The van der Waals surface area contributed by atoms with Gasteiger partial charge in [0.1, 0.15) is 5.60 Å². The number of hydrogen-bond acceptors (Lipinski definition) is 4. The van der Waals surface area contributed by atoms with Crippen molar-refractivity contribution < 1.29 is 19.0 Å². The van der Waals surface area contributed by atoms with Crippen LogP contribution in [-0.4, -0.2) is 56.6 Å². The van der Waals surface area contributed by atoms with Crippen molar-refractivity contribution in [2.45, 2.75) is 38.9 Å². The van der Waals surface area contributed by atoms with Crippen LogP contribution in [-0.2, 0) is 14.2 Å². The number of rotatable bonds is 3. The Hall–Kier alpha value is -0.810. The van der Waals surface area contributed by atoms with Gasteiger partial charge in [0.2, 0.25) is 0 Å². The van der Waals surface area contributed by atoms with Crippen LogP contribution in [0.3, 0.4) is 0 Å². The van der Waals surface area contributed by atoms with Gasteiger partial charge in [-0.1, -0.05) is 0 Å². The lowest BCUT2D eigenvalue weighted by molar-refractivity contribution is -0.0428. The van der Waals surface area contributed by atoms with E-state index in [4.69, 9.17) is 14.2 Å². The molecule has 5 nitrogen and oxygen atoms in total. The summed E-state index contributed by atoms with van der Waals surface area (Å²) in [6.07, 6.45) is 0.728. The van der Waals surface area contributed by atoms with Crippen LogP contribution in [0.4, 0.5) is 4.79 Å². The molecular weight excluding hydrogens is 234 g/mol. The van der Waals surface area contributed by atoms with E-state index in [1.54, 1.807) is 19.1 Å². The van der Waals surface area contributed by atoms with Crippen molar-refractivity contribution in [3.8, 4) is 0 Å². The van der Waals surface area contributed by atoms with E-state index in [1.807, 2.05) is 20.8 Å². The number of amides is 1. The number of nitrogens with zero attached hydrogens (tertiary/aromatic N) is 1. The summed E-state index contributed by atoms with van der Waals surface area (Å²) < 4.78 is 16.0. The van der Waals surface area contributed by atoms with Gasteiger partial charge in [-0.15, -0.1) is 0 Å². The molecule has 0 aliphatic carbocycles. The third kappa shape index (κ3) is 4.46. The number of ether oxygens (including phenoxy) is 3. The molecule has 5 heteroatoms. The van der Waals surface area contributed by atoms with Crippen molar-refractivity contribution in [1.82, 2.24) is 4.90 Å². The van der Waals surface area contributed by atoms with Gasteiger partial charge in [-0.25, -0.2) is 4.79 Å². The van der Waals surface area contributed by atoms with E-state index in [2.05, 4.69) is 0 Å². The standard InChI is InChI=1S/C13H25NO4/c1-13(2,3)18-12(15)14-7-6-11(17-5)10(8-14)9-16-4/h10-11H,6-9H2,1-5H3. The van der Waals surface area contributed by atoms with E-state index in [0.717, 1.165) is 6.42 Å². The van der Waals surface area contributed by atoms with Gasteiger partial charge >= 0.3 is 6.09 Å². The van der Waals surface area contributed by atoms with Crippen molar-refractivity contribution in [3.63, 3.8) is 0 Å². The van der Waals surface area contributed by atoms with Gasteiger partial charge in [-0.05, 0) is 27.2 Å². The molecule has 1 aliphatic heterocycles. The number of likely N-dealkylation sites (tertiary alicyclic amines) is 1. The predicted molar refractivity (Wildman–Crippen MR) is 68.6 cm³/mol. The molecule has 0 radical (unpaired) electrons. The highest BCUT2D eigenvalue weighted by atomic mass is 16.6. The molecule has 2 atom stereocenters. The Morgan fingerprint density at radius 1 is 1.33 bits per heavy atom. The first-order chi connectivity index (χ1) is 8.37. The average molecular weight is 259 g/mol. The maximum atomic E-state index is 12.0. The van der Waals surface area contributed by atoms with Gasteiger partial charge in [0.15, 0.2) is 0 Å². The van der Waals surface area contributed by atoms with Crippen LogP contribution in [0.2, 0.25) is 0 Å². The zero-order valence-electron chi connectivity index (χ0n) is 12.1. The van der Waals surface area contributed by atoms with Gasteiger partial charge in [0, 0.05) is 33.2 Å². The van der Waals surface area contributed by atoms with Crippen molar-refractivity contribution >= 4 is 6.09 Å². The number of hydrogen-bond donors (Lipinski definition) is 0. The number of carbonyl (C=O) groups excluding carboxylic acids is 1. The Balaban J connectivity index is 2.56. The Bertz CT molecular complexity index is 275. The Morgan fingerprint density at radius 3 is 2.50 bits per heavy atom. The van der Waals surface area contributed by atoms with E-state index in [-0.39, 0.29) is 18.1 Å². The molecule has 0 saturated carbocycles. The van der Waals surface area contributed by atoms with Gasteiger partial charge < -0.3 is 19.1 Å². The monoisotopic (exact) mass is 259 g/mol. The minimum absolute atomic E-state index is 0.156. The molecule has 1 fully saturated rings. The highest BCUT2D eigenvalue weighted by Gasteiger charge is 2.33. The molecule has 106 valence electrons. The van der Waals surface area contributed by atoms with Crippen LogP contribution in [0, 0.1) is 5.92 Å². The van der Waals surface area contributed by atoms with Crippen LogP contribution in [0.15, 0.2) is 0 Å². The first-order valence-electron chi connectivity index (χ1n) is 6.37. The fourth-order valence-electron chi connectivity index (χ4n) is 2.19. The maximum absolute atomic E-state index is 12.0. The molecule has 0 aromatic carbocycles. The maximum Gasteiger partial charge on any atom is 0.410 e. The molecule has 18 heavy (non-hydrogen) atoms. The summed E-state index contributed by atoms with van der Waals surface area (Å²) in [5.74, 6) is 0.210. The first-order valence-corrected chi connectivity index (χ1v) is 6.37. The topological polar surface area (TPSA) is 48.0 Å².